The summed E-state index contributed by atoms with van der Waals surface area (Å²) in [6.07, 6.45) is 3.18. The summed E-state index contributed by atoms with van der Waals surface area (Å²) in [6, 6.07) is 11.5. The van der Waals surface area contributed by atoms with E-state index in [2.05, 4.69) is 4.98 Å². The monoisotopic (exact) mass is 338 g/mol. The zero-order chi connectivity index (χ0) is 17.8. The molecule has 25 heavy (non-hydrogen) atoms. The third kappa shape index (κ3) is 3.16. The fourth-order valence-electron chi connectivity index (χ4n) is 2.94. The van der Waals surface area contributed by atoms with Crippen LogP contribution in [0.15, 0.2) is 60.4 Å². The zero-order valence-corrected chi connectivity index (χ0v) is 13.8. The highest BCUT2D eigenvalue weighted by Crippen LogP contribution is 2.38. The molecule has 6 heteroatoms. The molecule has 1 aromatic heterocycles. The van der Waals surface area contributed by atoms with Crippen LogP contribution in [0.5, 0.6) is 0 Å². The number of amides is 1. The highest BCUT2D eigenvalue weighted by molar-refractivity contribution is 6.46. The van der Waals surface area contributed by atoms with Crippen LogP contribution in [0.1, 0.15) is 17.2 Å². The van der Waals surface area contributed by atoms with Crippen LogP contribution in [0.3, 0.4) is 0 Å². The molecule has 1 aliphatic rings. The van der Waals surface area contributed by atoms with Gasteiger partial charge in [-0.05, 0) is 17.7 Å². The van der Waals surface area contributed by atoms with Crippen LogP contribution >= 0.6 is 0 Å². The summed E-state index contributed by atoms with van der Waals surface area (Å²) in [5.74, 6) is -1.52. The minimum atomic E-state index is -0.695. The Bertz CT molecular complexity index is 803. The van der Waals surface area contributed by atoms with Gasteiger partial charge < -0.3 is 14.7 Å². The molecule has 0 aliphatic carbocycles. The molecule has 1 amide bonds. The maximum absolute atomic E-state index is 12.6. The third-order valence-electron chi connectivity index (χ3n) is 4.15. The average Bonchev–Trinajstić information content (AvgIpc) is 2.91. The van der Waals surface area contributed by atoms with E-state index in [1.807, 2.05) is 6.07 Å². The molecule has 0 saturated carbocycles. The number of carbonyl (C=O) groups is 2. The minimum absolute atomic E-state index is 0.0819. The SMILES string of the molecule is COCCN1C(=O)C(=O)/C(=C(\O)c2ccccc2)C1c1ccncc1. The second kappa shape index (κ2) is 7.27. The van der Waals surface area contributed by atoms with Crippen LogP contribution < -0.4 is 0 Å². The van der Waals surface area contributed by atoms with E-state index in [1.165, 1.54) is 12.0 Å². The van der Waals surface area contributed by atoms with Crippen LogP contribution in [0.25, 0.3) is 5.76 Å². The molecule has 1 fully saturated rings. The van der Waals surface area contributed by atoms with Gasteiger partial charge in [0.15, 0.2) is 0 Å². The van der Waals surface area contributed by atoms with Crippen molar-refractivity contribution in [3.63, 3.8) is 0 Å². The average molecular weight is 338 g/mol. The molecule has 0 bridgehead atoms. The molecule has 1 atom stereocenters. The Morgan fingerprint density at radius 3 is 2.48 bits per heavy atom. The largest absolute Gasteiger partial charge is 0.507 e. The number of carbonyl (C=O) groups excluding carboxylic acids is 2. The van der Waals surface area contributed by atoms with E-state index in [0.717, 1.165) is 0 Å². The van der Waals surface area contributed by atoms with Gasteiger partial charge in [-0.25, -0.2) is 0 Å². The van der Waals surface area contributed by atoms with Crippen molar-refractivity contribution < 1.29 is 19.4 Å². The number of likely N-dealkylation sites (tertiary alicyclic amines) is 1. The van der Waals surface area contributed by atoms with E-state index in [4.69, 9.17) is 4.74 Å². The summed E-state index contributed by atoms with van der Waals surface area (Å²) in [6.45, 7) is 0.541. The number of methoxy groups -OCH3 is 1. The van der Waals surface area contributed by atoms with Gasteiger partial charge in [0.05, 0.1) is 18.2 Å². The number of ketones is 1. The van der Waals surface area contributed by atoms with E-state index >= 15 is 0 Å². The van der Waals surface area contributed by atoms with Gasteiger partial charge in [0, 0.05) is 31.6 Å². The summed E-state index contributed by atoms with van der Waals surface area (Å²) in [4.78, 5) is 30.5. The zero-order valence-electron chi connectivity index (χ0n) is 13.8. The van der Waals surface area contributed by atoms with E-state index in [0.29, 0.717) is 17.7 Å². The predicted molar refractivity (Wildman–Crippen MR) is 91.6 cm³/mol. The fraction of sp³-hybridized carbons (Fsp3) is 0.211. The van der Waals surface area contributed by atoms with Gasteiger partial charge in [-0.1, -0.05) is 30.3 Å². The van der Waals surface area contributed by atoms with Crippen molar-refractivity contribution in [2.75, 3.05) is 20.3 Å². The van der Waals surface area contributed by atoms with Gasteiger partial charge >= 0.3 is 0 Å². The molecular formula is C19H18N2O4. The van der Waals surface area contributed by atoms with Crippen LogP contribution in [-0.4, -0.2) is 46.9 Å². The lowest BCUT2D eigenvalue weighted by atomic mass is 9.96. The van der Waals surface area contributed by atoms with Gasteiger partial charge in [-0.2, -0.15) is 0 Å². The summed E-state index contributed by atoms with van der Waals surface area (Å²) in [5.41, 5.74) is 1.28. The Labute approximate surface area is 145 Å². The number of aromatic nitrogens is 1. The molecule has 1 aliphatic heterocycles. The third-order valence-corrected chi connectivity index (χ3v) is 4.15. The lowest BCUT2D eigenvalue weighted by molar-refractivity contribution is -0.140. The van der Waals surface area contributed by atoms with E-state index in [-0.39, 0.29) is 17.9 Å². The molecule has 2 aromatic rings. The van der Waals surface area contributed by atoms with Gasteiger partial charge in [-0.15, -0.1) is 0 Å². The molecule has 1 N–H and O–H groups in total. The Kier molecular flexibility index (Phi) is 4.90. The Morgan fingerprint density at radius 2 is 1.84 bits per heavy atom. The van der Waals surface area contributed by atoms with Crippen molar-refractivity contribution >= 4 is 17.4 Å². The standard InChI is InChI=1S/C19H18N2O4/c1-25-12-11-21-16(13-7-9-20-10-8-13)15(18(23)19(21)24)17(22)14-5-3-2-4-6-14/h2-10,16,22H,11-12H2,1H3/b17-15-. The van der Waals surface area contributed by atoms with Gasteiger partial charge in [0.2, 0.25) is 0 Å². The quantitative estimate of drug-likeness (QED) is 0.513. The highest BCUT2D eigenvalue weighted by Gasteiger charge is 2.45. The molecule has 0 spiro atoms. The summed E-state index contributed by atoms with van der Waals surface area (Å²) in [5, 5.41) is 10.7. The Balaban J connectivity index is 2.14. The molecular weight excluding hydrogens is 320 g/mol. The topological polar surface area (TPSA) is 79.7 Å². The Morgan fingerprint density at radius 1 is 1.16 bits per heavy atom. The van der Waals surface area contributed by atoms with E-state index in [1.54, 1.807) is 48.8 Å². The first-order chi connectivity index (χ1) is 12.1. The van der Waals surface area contributed by atoms with Crippen molar-refractivity contribution in [2.45, 2.75) is 6.04 Å². The van der Waals surface area contributed by atoms with Gasteiger partial charge in [0.1, 0.15) is 5.76 Å². The fourth-order valence-corrected chi connectivity index (χ4v) is 2.94. The van der Waals surface area contributed by atoms with Crippen molar-refractivity contribution in [3.05, 3.63) is 71.6 Å². The molecule has 128 valence electrons. The number of aliphatic hydroxyl groups excluding tert-OH is 1. The van der Waals surface area contributed by atoms with Crippen molar-refractivity contribution in [3.8, 4) is 0 Å². The molecule has 2 heterocycles. The van der Waals surface area contributed by atoms with Gasteiger partial charge in [0.25, 0.3) is 11.7 Å². The number of hydrogen-bond donors (Lipinski definition) is 1. The van der Waals surface area contributed by atoms with Crippen LogP contribution in [0.4, 0.5) is 0 Å². The van der Waals surface area contributed by atoms with Crippen LogP contribution in [-0.2, 0) is 14.3 Å². The first-order valence-electron chi connectivity index (χ1n) is 7.88. The van der Waals surface area contributed by atoms with Crippen LogP contribution in [0.2, 0.25) is 0 Å². The number of pyridine rings is 1. The van der Waals surface area contributed by atoms with Crippen molar-refractivity contribution in [1.82, 2.24) is 9.88 Å². The van der Waals surface area contributed by atoms with Crippen molar-refractivity contribution in [2.24, 2.45) is 0 Å². The maximum Gasteiger partial charge on any atom is 0.295 e. The molecule has 6 nitrogen and oxygen atoms in total. The lowest BCUT2D eigenvalue weighted by Crippen LogP contribution is -2.32. The molecule has 3 rings (SSSR count). The normalized spacial score (nSPS) is 19.4. The summed E-state index contributed by atoms with van der Waals surface area (Å²) in [7, 11) is 1.53. The smallest absolute Gasteiger partial charge is 0.295 e. The molecule has 1 aromatic carbocycles. The van der Waals surface area contributed by atoms with E-state index in [9.17, 15) is 14.7 Å². The molecule has 0 radical (unpaired) electrons. The molecule has 1 saturated heterocycles. The Hall–Kier alpha value is -2.99. The van der Waals surface area contributed by atoms with Crippen LogP contribution in [0, 0.1) is 0 Å². The molecule has 1 unspecified atom stereocenters. The lowest BCUT2D eigenvalue weighted by Gasteiger charge is -2.24. The van der Waals surface area contributed by atoms with E-state index < -0.39 is 17.7 Å². The number of Topliss-reactive ketones (excluding diaryl/α,β-unsaturated/α-hetero) is 1. The number of benzene rings is 1. The predicted octanol–water partition coefficient (Wildman–Crippen LogP) is 2.15. The number of nitrogens with zero attached hydrogens (tertiary/aromatic N) is 2. The summed E-state index contributed by atoms with van der Waals surface area (Å²) < 4.78 is 5.06. The highest BCUT2D eigenvalue weighted by atomic mass is 16.5. The second-order valence-corrected chi connectivity index (χ2v) is 5.63. The number of hydrogen-bond acceptors (Lipinski definition) is 5. The first-order valence-corrected chi connectivity index (χ1v) is 7.88. The number of ether oxygens (including phenoxy) is 1. The maximum atomic E-state index is 12.6. The number of rotatable bonds is 5. The second-order valence-electron chi connectivity index (χ2n) is 5.63. The van der Waals surface area contributed by atoms with Gasteiger partial charge in [-0.3, -0.25) is 14.6 Å². The van der Waals surface area contributed by atoms with Crippen molar-refractivity contribution in [1.29, 1.82) is 0 Å². The first kappa shape index (κ1) is 16.9. The minimum Gasteiger partial charge on any atom is -0.507 e. The number of aliphatic hydroxyl groups is 1. The summed E-state index contributed by atoms with van der Waals surface area (Å²) >= 11 is 0.